The third-order valence-electron chi connectivity index (χ3n) is 4.32. The van der Waals surface area contributed by atoms with Crippen molar-refractivity contribution in [2.24, 2.45) is 0 Å². The summed E-state index contributed by atoms with van der Waals surface area (Å²) in [6.45, 7) is 4.19. The molecule has 4 rings (SSSR count). The molecule has 4 aromatic rings. The van der Waals surface area contributed by atoms with Gasteiger partial charge >= 0.3 is 0 Å². The van der Waals surface area contributed by atoms with Gasteiger partial charge in [-0.3, -0.25) is 4.98 Å². The SMILES string of the molecule is Cc1cccc(-n2nnnc2SCc2cccc3cccnc23)c1C. The average molecular weight is 347 g/mol. The van der Waals surface area contributed by atoms with E-state index in [-0.39, 0.29) is 0 Å². The van der Waals surface area contributed by atoms with Gasteiger partial charge in [0.05, 0.1) is 11.2 Å². The maximum Gasteiger partial charge on any atom is 0.214 e. The zero-order valence-electron chi connectivity index (χ0n) is 14.0. The molecule has 0 spiro atoms. The molecule has 5 nitrogen and oxygen atoms in total. The van der Waals surface area contributed by atoms with Crippen molar-refractivity contribution in [2.75, 3.05) is 0 Å². The van der Waals surface area contributed by atoms with E-state index in [9.17, 15) is 0 Å². The quantitative estimate of drug-likeness (QED) is 0.520. The normalized spacial score (nSPS) is 11.1. The van der Waals surface area contributed by atoms with Gasteiger partial charge in [0.1, 0.15) is 0 Å². The van der Waals surface area contributed by atoms with Crippen LogP contribution in [-0.2, 0) is 5.75 Å². The zero-order chi connectivity index (χ0) is 17.2. The first-order chi connectivity index (χ1) is 12.2. The van der Waals surface area contributed by atoms with Crippen LogP contribution in [0.25, 0.3) is 16.6 Å². The van der Waals surface area contributed by atoms with Crippen molar-refractivity contribution in [3.8, 4) is 5.69 Å². The van der Waals surface area contributed by atoms with Crippen LogP contribution in [0.3, 0.4) is 0 Å². The molecule has 0 aliphatic heterocycles. The largest absolute Gasteiger partial charge is 0.256 e. The fourth-order valence-corrected chi connectivity index (χ4v) is 3.68. The Labute approximate surface area is 150 Å². The van der Waals surface area contributed by atoms with Crippen molar-refractivity contribution in [3.05, 3.63) is 71.4 Å². The van der Waals surface area contributed by atoms with Crippen molar-refractivity contribution in [1.29, 1.82) is 0 Å². The molecule has 2 aromatic carbocycles. The van der Waals surface area contributed by atoms with E-state index in [0.717, 1.165) is 27.5 Å². The first-order valence-electron chi connectivity index (χ1n) is 8.04. The lowest BCUT2D eigenvalue weighted by molar-refractivity contribution is 0.751. The van der Waals surface area contributed by atoms with Crippen LogP contribution in [0.15, 0.2) is 59.9 Å². The highest BCUT2D eigenvalue weighted by atomic mass is 32.2. The lowest BCUT2D eigenvalue weighted by Gasteiger charge is -2.10. The minimum atomic E-state index is 0.763. The van der Waals surface area contributed by atoms with Crippen molar-refractivity contribution in [2.45, 2.75) is 24.8 Å². The monoisotopic (exact) mass is 347 g/mol. The highest BCUT2D eigenvalue weighted by Crippen LogP contribution is 2.27. The fourth-order valence-electron chi connectivity index (χ4n) is 2.81. The number of aromatic nitrogens is 5. The van der Waals surface area contributed by atoms with Crippen LogP contribution in [0.2, 0.25) is 0 Å². The molecule has 0 unspecified atom stereocenters. The number of aryl methyl sites for hydroxylation is 1. The van der Waals surface area contributed by atoms with Crippen LogP contribution in [0.5, 0.6) is 0 Å². The summed E-state index contributed by atoms with van der Waals surface area (Å²) in [5.74, 6) is 0.763. The highest BCUT2D eigenvalue weighted by molar-refractivity contribution is 7.98. The maximum absolute atomic E-state index is 4.52. The number of benzene rings is 2. The van der Waals surface area contributed by atoms with Gasteiger partial charge in [0.15, 0.2) is 0 Å². The van der Waals surface area contributed by atoms with Crippen LogP contribution >= 0.6 is 11.8 Å². The number of tetrazole rings is 1. The average Bonchev–Trinajstić information content (AvgIpc) is 3.10. The van der Waals surface area contributed by atoms with E-state index in [2.05, 4.69) is 64.7 Å². The summed E-state index contributed by atoms with van der Waals surface area (Å²) in [6.07, 6.45) is 1.83. The van der Waals surface area contributed by atoms with Crippen molar-refractivity contribution < 1.29 is 0 Å². The molecule has 0 bridgehead atoms. The summed E-state index contributed by atoms with van der Waals surface area (Å²) in [5.41, 5.74) is 5.64. The van der Waals surface area contributed by atoms with Gasteiger partial charge in [0.2, 0.25) is 5.16 Å². The maximum atomic E-state index is 4.52. The predicted molar refractivity (Wildman–Crippen MR) is 99.9 cm³/mol. The Morgan fingerprint density at radius 1 is 1.00 bits per heavy atom. The van der Waals surface area contributed by atoms with Crippen molar-refractivity contribution >= 4 is 22.7 Å². The second kappa shape index (κ2) is 6.64. The van der Waals surface area contributed by atoms with E-state index in [1.165, 1.54) is 16.7 Å². The molecule has 25 heavy (non-hydrogen) atoms. The Hall–Kier alpha value is -2.73. The van der Waals surface area contributed by atoms with Gasteiger partial charge in [-0.2, -0.15) is 4.68 Å². The fraction of sp³-hybridized carbons (Fsp3) is 0.158. The Balaban J connectivity index is 1.65. The lowest BCUT2D eigenvalue weighted by Crippen LogP contribution is -2.02. The van der Waals surface area contributed by atoms with E-state index in [1.54, 1.807) is 11.8 Å². The topological polar surface area (TPSA) is 56.5 Å². The Bertz CT molecular complexity index is 1040. The van der Waals surface area contributed by atoms with Gasteiger partial charge < -0.3 is 0 Å². The van der Waals surface area contributed by atoms with Gasteiger partial charge in [-0.25, -0.2) is 0 Å². The second-order valence-electron chi connectivity index (χ2n) is 5.87. The molecule has 124 valence electrons. The van der Waals surface area contributed by atoms with Crippen LogP contribution in [0.4, 0.5) is 0 Å². The Kier molecular flexibility index (Phi) is 4.19. The second-order valence-corrected chi connectivity index (χ2v) is 6.82. The number of para-hydroxylation sites is 1. The number of pyridine rings is 1. The van der Waals surface area contributed by atoms with Crippen LogP contribution in [0, 0.1) is 13.8 Å². The molecule has 0 saturated carbocycles. The van der Waals surface area contributed by atoms with Crippen molar-refractivity contribution in [1.82, 2.24) is 25.2 Å². The predicted octanol–water partition coefficient (Wildman–Crippen LogP) is 4.12. The van der Waals surface area contributed by atoms with E-state index < -0.39 is 0 Å². The smallest absolute Gasteiger partial charge is 0.214 e. The third-order valence-corrected chi connectivity index (χ3v) is 5.29. The standard InChI is InChI=1S/C19H17N5S/c1-13-6-3-10-17(14(13)2)24-19(21-22-23-24)25-12-16-8-4-7-15-9-5-11-20-18(15)16/h3-11H,12H2,1-2H3. The number of fused-ring (bicyclic) bond motifs is 1. The Morgan fingerprint density at radius 3 is 2.76 bits per heavy atom. The third kappa shape index (κ3) is 3.00. The van der Waals surface area contributed by atoms with Crippen LogP contribution in [0.1, 0.15) is 16.7 Å². The molecule has 0 fully saturated rings. The van der Waals surface area contributed by atoms with Crippen LogP contribution in [-0.4, -0.2) is 25.2 Å². The molecule has 0 saturated heterocycles. The molecule has 0 atom stereocenters. The minimum absolute atomic E-state index is 0.763. The lowest BCUT2D eigenvalue weighted by atomic mass is 10.1. The van der Waals surface area contributed by atoms with E-state index in [4.69, 9.17) is 0 Å². The number of nitrogens with zero attached hydrogens (tertiary/aromatic N) is 5. The van der Waals surface area contributed by atoms with E-state index >= 15 is 0 Å². The molecule has 0 aliphatic carbocycles. The molecule has 2 heterocycles. The number of rotatable bonds is 4. The number of thioether (sulfide) groups is 1. The summed E-state index contributed by atoms with van der Waals surface area (Å²) in [6, 6.07) is 16.5. The Morgan fingerprint density at radius 2 is 1.84 bits per heavy atom. The van der Waals surface area contributed by atoms with Crippen LogP contribution < -0.4 is 0 Å². The first kappa shape index (κ1) is 15.8. The van der Waals surface area contributed by atoms with Gasteiger partial charge in [-0.1, -0.05) is 48.2 Å². The van der Waals surface area contributed by atoms with Gasteiger partial charge in [0, 0.05) is 17.3 Å². The van der Waals surface area contributed by atoms with Gasteiger partial charge in [-0.15, -0.1) is 5.10 Å². The van der Waals surface area contributed by atoms with E-state index in [1.807, 2.05) is 29.1 Å². The first-order valence-corrected chi connectivity index (χ1v) is 9.03. The summed E-state index contributed by atoms with van der Waals surface area (Å²) in [4.78, 5) is 4.52. The highest BCUT2D eigenvalue weighted by Gasteiger charge is 2.13. The molecule has 2 aromatic heterocycles. The molecule has 0 amide bonds. The molecule has 0 radical (unpaired) electrons. The minimum Gasteiger partial charge on any atom is -0.256 e. The zero-order valence-corrected chi connectivity index (χ0v) is 14.9. The molecular formula is C19H17N5S. The van der Waals surface area contributed by atoms with Crippen molar-refractivity contribution in [3.63, 3.8) is 0 Å². The number of hydrogen-bond donors (Lipinski definition) is 0. The molecule has 0 N–H and O–H groups in total. The van der Waals surface area contributed by atoms with Gasteiger partial charge in [-0.05, 0) is 53.1 Å². The number of hydrogen-bond acceptors (Lipinski definition) is 5. The summed E-state index contributed by atoms with van der Waals surface area (Å²) < 4.78 is 1.81. The summed E-state index contributed by atoms with van der Waals surface area (Å²) in [7, 11) is 0. The van der Waals surface area contributed by atoms with Gasteiger partial charge in [0.25, 0.3) is 0 Å². The molecule has 6 heteroatoms. The summed E-state index contributed by atoms with van der Waals surface area (Å²) >= 11 is 1.62. The molecule has 0 aliphatic rings. The molecular weight excluding hydrogens is 330 g/mol. The summed E-state index contributed by atoms with van der Waals surface area (Å²) in [5, 5.41) is 14.2. The van der Waals surface area contributed by atoms with E-state index in [0.29, 0.717) is 0 Å².